The summed E-state index contributed by atoms with van der Waals surface area (Å²) < 4.78 is 5.04. The molecule has 0 bridgehead atoms. The number of rotatable bonds is 7. The third-order valence-electron chi connectivity index (χ3n) is 2.17. The van der Waals surface area contributed by atoms with Crippen LogP contribution in [-0.2, 0) is 11.3 Å². The summed E-state index contributed by atoms with van der Waals surface area (Å²) in [6.45, 7) is 2.22. The molecule has 96 valence electrons. The van der Waals surface area contributed by atoms with Gasteiger partial charge < -0.3 is 20.3 Å². The summed E-state index contributed by atoms with van der Waals surface area (Å²) in [5.41, 5.74) is 0. The summed E-state index contributed by atoms with van der Waals surface area (Å²) in [5, 5.41) is 6.27. The lowest BCUT2D eigenvalue weighted by molar-refractivity contribution is 0.178. The van der Waals surface area contributed by atoms with Crippen LogP contribution in [-0.4, -0.2) is 56.2 Å². The van der Waals surface area contributed by atoms with Crippen LogP contribution in [0.15, 0.2) is 6.07 Å². The molecule has 0 aromatic carbocycles. The fraction of sp³-hybridized carbons (Fsp3) is 0.636. The highest BCUT2D eigenvalue weighted by Gasteiger charge is 2.03. The number of likely N-dealkylation sites (N-methyl/N-ethyl adjacent to an activating group) is 1. The van der Waals surface area contributed by atoms with E-state index in [1.165, 1.54) is 0 Å². The van der Waals surface area contributed by atoms with E-state index in [1.807, 2.05) is 27.2 Å². The molecule has 0 fully saturated rings. The van der Waals surface area contributed by atoms with Crippen molar-refractivity contribution >= 4 is 11.6 Å². The normalized spacial score (nSPS) is 10.6. The average Bonchev–Trinajstić information content (AvgIpc) is 2.28. The molecule has 6 nitrogen and oxygen atoms in total. The lowest BCUT2D eigenvalue weighted by Gasteiger charge is -2.12. The molecule has 2 N–H and O–H groups in total. The van der Waals surface area contributed by atoms with Crippen molar-refractivity contribution in [2.45, 2.75) is 6.61 Å². The molecular formula is C11H21N5O. The first-order valence-electron chi connectivity index (χ1n) is 5.59. The van der Waals surface area contributed by atoms with E-state index in [9.17, 15) is 0 Å². The Hall–Kier alpha value is -1.40. The Labute approximate surface area is 102 Å². The summed E-state index contributed by atoms with van der Waals surface area (Å²) in [6, 6.07) is 1.88. The van der Waals surface area contributed by atoms with E-state index in [4.69, 9.17) is 4.74 Å². The van der Waals surface area contributed by atoms with Crippen molar-refractivity contribution in [2.75, 3.05) is 52.0 Å². The fourth-order valence-corrected chi connectivity index (χ4v) is 1.32. The van der Waals surface area contributed by atoms with Crippen LogP contribution in [0.2, 0.25) is 0 Å². The topological polar surface area (TPSA) is 62.3 Å². The Kier molecular flexibility index (Phi) is 5.65. The van der Waals surface area contributed by atoms with Crippen molar-refractivity contribution in [1.29, 1.82) is 0 Å². The third kappa shape index (κ3) is 4.97. The van der Waals surface area contributed by atoms with Gasteiger partial charge in [-0.25, -0.2) is 9.97 Å². The number of aromatic nitrogens is 2. The molecule has 0 unspecified atom stereocenters. The van der Waals surface area contributed by atoms with E-state index < -0.39 is 0 Å². The van der Waals surface area contributed by atoms with Gasteiger partial charge in [-0.15, -0.1) is 0 Å². The van der Waals surface area contributed by atoms with Crippen LogP contribution < -0.4 is 10.6 Å². The molecule has 0 spiro atoms. The predicted molar refractivity (Wildman–Crippen MR) is 69.3 cm³/mol. The van der Waals surface area contributed by atoms with Crippen LogP contribution in [0.3, 0.4) is 0 Å². The number of methoxy groups -OCH3 is 1. The summed E-state index contributed by atoms with van der Waals surface area (Å²) in [6.07, 6.45) is 0. The minimum Gasteiger partial charge on any atom is -0.377 e. The zero-order chi connectivity index (χ0) is 12.7. The van der Waals surface area contributed by atoms with Crippen molar-refractivity contribution in [3.05, 3.63) is 11.9 Å². The van der Waals surface area contributed by atoms with E-state index >= 15 is 0 Å². The van der Waals surface area contributed by atoms with Crippen LogP contribution >= 0.6 is 0 Å². The minimum atomic E-state index is 0.415. The van der Waals surface area contributed by atoms with Gasteiger partial charge >= 0.3 is 0 Å². The molecule has 0 atom stereocenters. The SMILES string of the molecule is CNc1cc(NCCN(C)C)nc(COC)n1. The highest BCUT2D eigenvalue weighted by Crippen LogP contribution is 2.11. The molecule has 0 aliphatic rings. The van der Waals surface area contributed by atoms with Crippen LogP contribution in [0.4, 0.5) is 11.6 Å². The van der Waals surface area contributed by atoms with Gasteiger partial charge in [0, 0.05) is 33.3 Å². The molecule has 1 rings (SSSR count). The van der Waals surface area contributed by atoms with Crippen molar-refractivity contribution < 1.29 is 4.74 Å². The number of hydrogen-bond acceptors (Lipinski definition) is 6. The molecular weight excluding hydrogens is 218 g/mol. The molecule has 0 aliphatic carbocycles. The van der Waals surface area contributed by atoms with Crippen molar-refractivity contribution in [2.24, 2.45) is 0 Å². The lowest BCUT2D eigenvalue weighted by Crippen LogP contribution is -2.21. The van der Waals surface area contributed by atoms with Gasteiger partial charge in [0.2, 0.25) is 0 Å². The van der Waals surface area contributed by atoms with Crippen LogP contribution in [0.25, 0.3) is 0 Å². The number of nitrogens with one attached hydrogen (secondary N) is 2. The van der Waals surface area contributed by atoms with E-state index in [0.29, 0.717) is 12.4 Å². The van der Waals surface area contributed by atoms with E-state index in [0.717, 1.165) is 24.7 Å². The van der Waals surface area contributed by atoms with Gasteiger partial charge in [0.1, 0.15) is 18.2 Å². The molecule has 1 aromatic rings. The largest absolute Gasteiger partial charge is 0.377 e. The van der Waals surface area contributed by atoms with Gasteiger partial charge in [-0.1, -0.05) is 0 Å². The maximum absolute atomic E-state index is 5.04. The molecule has 0 saturated heterocycles. The van der Waals surface area contributed by atoms with Gasteiger partial charge in [-0.2, -0.15) is 0 Å². The quantitative estimate of drug-likeness (QED) is 0.728. The molecule has 1 heterocycles. The van der Waals surface area contributed by atoms with Crippen LogP contribution in [0.1, 0.15) is 5.82 Å². The number of hydrogen-bond donors (Lipinski definition) is 2. The number of anilines is 2. The molecule has 0 saturated carbocycles. The molecule has 6 heteroatoms. The lowest BCUT2D eigenvalue weighted by atomic mass is 10.4. The van der Waals surface area contributed by atoms with Gasteiger partial charge in [0.15, 0.2) is 5.82 Å². The highest BCUT2D eigenvalue weighted by molar-refractivity contribution is 5.47. The van der Waals surface area contributed by atoms with Gasteiger partial charge in [0.25, 0.3) is 0 Å². The van der Waals surface area contributed by atoms with Crippen LogP contribution in [0, 0.1) is 0 Å². The fourth-order valence-electron chi connectivity index (χ4n) is 1.32. The second-order valence-electron chi connectivity index (χ2n) is 3.97. The van der Waals surface area contributed by atoms with E-state index in [-0.39, 0.29) is 0 Å². The maximum atomic E-state index is 5.04. The minimum absolute atomic E-state index is 0.415. The van der Waals surface area contributed by atoms with Crippen molar-refractivity contribution in [3.8, 4) is 0 Å². The summed E-state index contributed by atoms with van der Waals surface area (Å²) in [5.74, 6) is 2.28. The van der Waals surface area contributed by atoms with Crippen molar-refractivity contribution in [1.82, 2.24) is 14.9 Å². The highest BCUT2D eigenvalue weighted by atomic mass is 16.5. The Balaban J connectivity index is 2.66. The summed E-state index contributed by atoms with van der Waals surface area (Å²) in [4.78, 5) is 10.8. The number of nitrogens with zero attached hydrogens (tertiary/aromatic N) is 3. The van der Waals surface area contributed by atoms with E-state index in [2.05, 4.69) is 25.5 Å². The Morgan fingerprint density at radius 2 is 2.00 bits per heavy atom. The smallest absolute Gasteiger partial charge is 0.158 e. The third-order valence-corrected chi connectivity index (χ3v) is 2.17. The van der Waals surface area contributed by atoms with Gasteiger partial charge in [-0.3, -0.25) is 0 Å². The monoisotopic (exact) mass is 239 g/mol. The average molecular weight is 239 g/mol. The first kappa shape index (κ1) is 13.7. The Bertz CT molecular complexity index is 343. The Morgan fingerprint density at radius 1 is 1.29 bits per heavy atom. The molecule has 0 amide bonds. The Morgan fingerprint density at radius 3 is 2.59 bits per heavy atom. The maximum Gasteiger partial charge on any atom is 0.158 e. The van der Waals surface area contributed by atoms with Crippen molar-refractivity contribution in [3.63, 3.8) is 0 Å². The van der Waals surface area contributed by atoms with Crippen LogP contribution in [0.5, 0.6) is 0 Å². The number of ether oxygens (including phenoxy) is 1. The second-order valence-corrected chi connectivity index (χ2v) is 3.97. The second kappa shape index (κ2) is 7.03. The predicted octanol–water partition coefficient (Wildman–Crippen LogP) is 0.638. The van der Waals surface area contributed by atoms with Gasteiger partial charge in [-0.05, 0) is 14.1 Å². The molecule has 1 aromatic heterocycles. The molecule has 0 aliphatic heterocycles. The molecule has 0 radical (unpaired) electrons. The summed E-state index contributed by atoms with van der Waals surface area (Å²) >= 11 is 0. The zero-order valence-corrected chi connectivity index (χ0v) is 10.9. The first-order chi connectivity index (χ1) is 8.15. The molecule has 17 heavy (non-hydrogen) atoms. The standard InChI is InChI=1S/C11H21N5O/c1-12-9-7-10(13-5-6-16(2)3)15-11(14-9)8-17-4/h7H,5-6,8H2,1-4H3,(H2,12,13,14,15). The van der Waals surface area contributed by atoms with Gasteiger partial charge in [0.05, 0.1) is 0 Å². The zero-order valence-electron chi connectivity index (χ0n) is 10.9. The first-order valence-corrected chi connectivity index (χ1v) is 5.59. The summed E-state index contributed by atoms with van der Waals surface area (Å²) in [7, 11) is 7.55. The van der Waals surface area contributed by atoms with E-state index in [1.54, 1.807) is 7.11 Å².